The molecular weight excluding hydrogens is 346 g/mol. The summed E-state index contributed by atoms with van der Waals surface area (Å²) in [5.41, 5.74) is 4.39. The van der Waals surface area contributed by atoms with Crippen LogP contribution in [0.5, 0.6) is 5.75 Å². The van der Waals surface area contributed by atoms with E-state index in [1.807, 2.05) is 46.6 Å². The molecule has 5 nitrogen and oxygen atoms in total. The number of thiophene rings is 1. The number of Topliss-reactive ketones (excluding diaryl/α,β-unsaturated/α-hetero) is 1. The van der Waals surface area contributed by atoms with Crippen molar-refractivity contribution in [3.05, 3.63) is 63.6 Å². The summed E-state index contributed by atoms with van der Waals surface area (Å²) in [6.07, 6.45) is 1.91. The minimum Gasteiger partial charge on any atom is -0.497 e. The Morgan fingerprint density at radius 1 is 1.35 bits per heavy atom. The molecule has 0 fully saturated rings. The van der Waals surface area contributed by atoms with Gasteiger partial charge in [0.05, 0.1) is 23.9 Å². The molecule has 26 heavy (non-hydrogen) atoms. The largest absolute Gasteiger partial charge is 0.497 e. The van der Waals surface area contributed by atoms with Crippen LogP contribution in [0.1, 0.15) is 46.4 Å². The van der Waals surface area contributed by atoms with E-state index < -0.39 is 0 Å². The quantitative estimate of drug-likeness (QED) is 0.631. The third-order valence-electron chi connectivity index (χ3n) is 4.44. The lowest BCUT2D eigenvalue weighted by molar-refractivity contribution is 0.102. The lowest BCUT2D eigenvalue weighted by atomic mass is 10.1. The molecule has 1 unspecified atom stereocenters. The first-order chi connectivity index (χ1) is 12.5. The van der Waals surface area contributed by atoms with E-state index in [2.05, 4.69) is 24.3 Å². The van der Waals surface area contributed by atoms with E-state index in [1.54, 1.807) is 14.0 Å². The number of hydrogen-bond acceptors (Lipinski definition) is 5. The molecule has 2 aromatic heterocycles. The number of aromatic nitrogens is 2. The van der Waals surface area contributed by atoms with Crippen LogP contribution in [-0.2, 0) is 6.54 Å². The van der Waals surface area contributed by atoms with Gasteiger partial charge in [-0.15, -0.1) is 11.3 Å². The molecule has 3 aromatic rings. The Hall–Kier alpha value is -2.44. The predicted molar refractivity (Wildman–Crippen MR) is 104 cm³/mol. The van der Waals surface area contributed by atoms with Gasteiger partial charge in [0.25, 0.3) is 0 Å². The fourth-order valence-corrected chi connectivity index (χ4v) is 3.68. The number of nitrogens with zero attached hydrogens (tertiary/aromatic N) is 2. The molecule has 0 radical (unpaired) electrons. The first-order valence-corrected chi connectivity index (χ1v) is 9.38. The SMILES string of the molecule is COc1ccc(-n2ncc(C(C)NCc3csc(C(C)=O)c3)c2C)cc1. The molecule has 6 heteroatoms. The van der Waals surface area contributed by atoms with Gasteiger partial charge in [-0.25, -0.2) is 4.68 Å². The van der Waals surface area contributed by atoms with Crippen molar-refractivity contribution < 1.29 is 9.53 Å². The van der Waals surface area contributed by atoms with E-state index >= 15 is 0 Å². The second kappa shape index (κ2) is 7.85. The first-order valence-electron chi connectivity index (χ1n) is 8.50. The maximum Gasteiger partial charge on any atom is 0.169 e. The van der Waals surface area contributed by atoms with Crippen LogP contribution in [0.15, 0.2) is 41.9 Å². The van der Waals surface area contributed by atoms with Gasteiger partial charge in [0, 0.05) is 23.8 Å². The van der Waals surface area contributed by atoms with Gasteiger partial charge in [-0.2, -0.15) is 5.10 Å². The van der Waals surface area contributed by atoms with Crippen molar-refractivity contribution in [2.45, 2.75) is 33.4 Å². The number of rotatable bonds is 7. The van der Waals surface area contributed by atoms with Crippen LogP contribution in [0, 0.1) is 6.92 Å². The zero-order chi connectivity index (χ0) is 18.7. The number of carbonyl (C=O) groups excluding carboxylic acids is 1. The van der Waals surface area contributed by atoms with Crippen LogP contribution in [0.4, 0.5) is 0 Å². The molecule has 0 aliphatic rings. The van der Waals surface area contributed by atoms with Gasteiger partial charge < -0.3 is 10.1 Å². The first kappa shape index (κ1) is 18.4. The number of methoxy groups -OCH3 is 1. The third-order valence-corrected chi connectivity index (χ3v) is 5.52. The van der Waals surface area contributed by atoms with Crippen molar-refractivity contribution in [1.82, 2.24) is 15.1 Å². The maximum absolute atomic E-state index is 11.4. The average molecular weight is 369 g/mol. The van der Waals surface area contributed by atoms with Gasteiger partial charge in [0.15, 0.2) is 5.78 Å². The van der Waals surface area contributed by atoms with E-state index in [0.717, 1.165) is 39.7 Å². The average Bonchev–Trinajstić information content (AvgIpc) is 3.27. The second-order valence-electron chi connectivity index (χ2n) is 6.27. The third kappa shape index (κ3) is 3.86. The molecule has 0 saturated carbocycles. The zero-order valence-electron chi connectivity index (χ0n) is 15.4. The Labute approximate surface area is 157 Å². The number of hydrogen-bond donors (Lipinski definition) is 1. The van der Waals surface area contributed by atoms with Crippen molar-refractivity contribution in [1.29, 1.82) is 0 Å². The summed E-state index contributed by atoms with van der Waals surface area (Å²) in [7, 11) is 1.66. The standard InChI is InChI=1S/C20H23N3O2S/c1-13(21-10-16-9-20(15(3)24)26-12-16)19-11-22-23(14(19)2)17-5-7-18(25-4)8-6-17/h5-9,11-13,21H,10H2,1-4H3. The Bertz CT molecular complexity index is 896. The van der Waals surface area contributed by atoms with Crippen LogP contribution in [0.3, 0.4) is 0 Å². The molecule has 3 rings (SSSR count). The van der Waals surface area contributed by atoms with Gasteiger partial charge in [-0.3, -0.25) is 4.79 Å². The molecular formula is C20H23N3O2S. The van der Waals surface area contributed by atoms with Crippen molar-refractivity contribution in [2.75, 3.05) is 7.11 Å². The minimum absolute atomic E-state index is 0.117. The van der Waals surface area contributed by atoms with Crippen molar-refractivity contribution >= 4 is 17.1 Å². The monoisotopic (exact) mass is 369 g/mol. The fraction of sp³-hybridized carbons (Fsp3) is 0.300. The van der Waals surface area contributed by atoms with Crippen LogP contribution < -0.4 is 10.1 Å². The summed E-state index contributed by atoms with van der Waals surface area (Å²) in [5, 5.41) is 10.1. The second-order valence-corrected chi connectivity index (χ2v) is 7.18. The highest BCUT2D eigenvalue weighted by molar-refractivity contribution is 7.12. The summed E-state index contributed by atoms with van der Waals surface area (Å²) in [6.45, 7) is 6.52. The lowest BCUT2D eigenvalue weighted by Crippen LogP contribution is -2.18. The Balaban J connectivity index is 1.70. The summed E-state index contributed by atoms with van der Waals surface area (Å²) >= 11 is 1.50. The van der Waals surface area contributed by atoms with Crippen LogP contribution in [0.25, 0.3) is 5.69 Å². The molecule has 136 valence electrons. The van der Waals surface area contributed by atoms with Crippen LogP contribution in [0.2, 0.25) is 0 Å². The highest BCUT2D eigenvalue weighted by Gasteiger charge is 2.14. The molecule has 0 bridgehead atoms. The summed E-state index contributed by atoms with van der Waals surface area (Å²) in [6, 6.07) is 9.97. The summed E-state index contributed by atoms with van der Waals surface area (Å²) in [4.78, 5) is 12.2. The normalized spacial score (nSPS) is 12.2. The summed E-state index contributed by atoms with van der Waals surface area (Å²) in [5.74, 6) is 0.945. The Kier molecular flexibility index (Phi) is 5.54. The minimum atomic E-state index is 0.117. The number of nitrogens with one attached hydrogen (secondary N) is 1. The topological polar surface area (TPSA) is 56.1 Å². The number of carbonyl (C=O) groups is 1. The number of benzene rings is 1. The van der Waals surface area contributed by atoms with Gasteiger partial charge in [-0.05, 0) is 62.0 Å². The predicted octanol–water partition coefficient (Wildman–Crippen LogP) is 4.30. The summed E-state index contributed by atoms with van der Waals surface area (Å²) < 4.78 is 7.15. The molecule has 0 saturated heterocycles. The van der Waals surface area contributed by atoms with Gasteiger partial charge in [0.1, 0.15) is 5.75 Å². The van der Waals surface area contributed by atoms with Crippen molar-refractivity contribution in [2.24, 2.45) is 0 Å². The molecule has 1 aromatic carbocycles. The van der Waals surface area contributed by atoms with E-state index in [4.69, 9.17) is 4.74 Å². The fourth-order valence-electron chi connectivity index (χ4n) is 2.86. The number of ketones is 1. The molecule has 1 N–H and O–H groups in total. The molecule has 1 atom stereocenters. The molecule has 0 spiro atoms. The number of ether oxygens (including phenoxy) is 1. The Morgan fingerprint density at radius 2 is 2.08 bits per heavy atom. The van der Waals surface area contributed by atoms with Crippen LogP contribution in [-0.4, -0.2) is 22.7 Å². The Morgan fingerprint density at radius 3 is 2.69 bits per heavy atom. The lowest BCUT2D eigenvalue weighted by Gasteiger charge is -2.13. The zero-order valence-corrected chi connectivity index (χ0v) is 16.3. The van der Waals surface area contributed by atoms with E-state index in [9.17, 15) is 4.79 Å². The highest BCUT2D eigenvalue weighted by atomic mass is 32.1. The van der Waals surface area contributed by atoms with Gasteiger partial charge in [-0.1, -0.05) is 0 Å². The van der Waals surface area contributed by atoms with Crippen LogP contribution >= 0.6 is 11.3 Å². The van der Waals surface area contributed by atoms with E-state index in [0.29, 0.717) is 0 Å². The molecule has 2 heterocycles. The van der Waals surface area contributed by atoms with E-state index in [1.165, 1.54) is 11.3 Å². The van der Waals surface area contributed by atoms with Gasteiger partial charge >= 0.3 is 0 Å². The highest BCUT2D eigenvalue weighted by Crippen LogP contribution is 2.22. The van der Waals surface area contributed by atoms with Crippen molar-refractivity contribution in [3.8, 4) is 11.4 Å². The molecule has 0 aliphatic heterocycles. The maximum atomic E-state index is 11.4. The molecule has 0 aliphatic carbocycles. The smallest absolute Gasteiger partial charge is 0.169 e. The van der Waals surface area contributed by atoms with Crippen molar-refractivity contribution in [3.63, 3.8) is 0 Å². The van der Waals surface area contributed by atoms with E-state index in [-0.39, 0.29) is 11.8 Å². The van der Waals surface area contributed by atoms with Gasteiger partial charge in [0.2, 0.25) is 0 Å². The molecule has 0 amide bonds.